The number of aliphatic imine (C=N–C) groups is 1. The van der Waals surface area contributed by atoms with Crippen LogP contribution in [-0.4, -0.2) is 282 Å². The number of aryl methyl sites for hydroxylation is 1. The van der Waals surface area contributed by atoms with Crippen LogP contribution >= 0.6 is 0 Å². The molecule has 620 valence electrons. The number of aromatic nitrogens is 2. The second kappa shape index (κ2) is 42.0. The summed E-state index contributed by atoms with van der Waals surface area (Å²) in [6, 6.07) is 11.4. The van der Waals surface area contributed by atoms with Gasteiger partial charge in [0.1, 0.15) is 40.5 Å². The van der Waals surface area contributed by atoms with Crippen LogP contribution in [0.4, 0.5) is 0 Å². The Bertz CT molecular complexity index is 4100. The summed E-state index contributed by atoms with van der Waals surface area (Å²) in [5.41, 5.74) is -1.31. The molecule has 4 amide bonds. The lowest BCUT2D eigenvalue weighted by Gasteiger charge is -2.34. The molecule has 1 fully saturated rings. The van der Waals surface area contributed by atoms with E-state index >= 15 is 0 Å². The van der Waals surface area contributed by atoms with Crippen LogP contribution in [0.3, 0.4) is 0 Å². The van der Waals surface area contributed by atoms with Crippen molar-refractivity contribution in [1.29, 1.82) is 0 Å². The SMILES string of the molecule is COC(=O)[C@H](CNC(=O)c1ccc2c(cnn2CCCNC2=NCCCN2)c1)NS(=O)(=O)c1ccc(-c2ccc(S(=O)(=O)NCCNC(=O)[C@H](CCC(=O)OC(C)(C)C)NC(=O)[C@H](CCC(=O)O)NC(=O)CN3CCN(CC(=O)OC(C)(C)C)CCN(CC(=O)OC(C)(C)C)CCN(CC(=O)OC(C)(C)C)CC3)cc2)cc1. The third-order valence-corrected chi connectivity index (χ3v) is 19.8. The lowest BCUT2D eigenvalue weighted by molar-refractivity contribution is -0.158. The Morgan fingerprint density at radius 2 is 1.04 bits per heavy atom. The van der Waals surface area contributed by atoms with Gasteiger partial charge in [0.15, 0.2) is 5.96 Å². The number of sulfonamides is 2. The fourth-order valence-electron chi connectivity index (χ4n) is 11.6. The first-order valence-electron chi connectivity index (χ1n) is 37.3. The molecule has 0 radical (unpaired) electrons. The van der Waals surface area contributed by atoms with Crippen molar-refractivity contribution >= 4 is 96.4 Å². The number of hydrogen-bond donors (Lipinski definition) is 9. The lowest BCUT2D eigenvalue weighted by atomic mass is 10.1. The molecule has 0 spiro atoms. The van der Waals surface area contributed by atoms with Crippen LogP contribution in [0.5, 0.6) is 0 Å². The predicted octanol–water partition coefficient (Wildman–Crippen LogP) is 1.88. The van der Waals surface area contributed by atoms with Crippen molar-refractivity contribution in [3.8, 4) is 11.1 Å². The van der Waals surface area contributed by atoms with Crippen LogP contribution < -0.4 is 41.3 Å². The van der Waals surface area contributed by atoms with E-state index in [0.717, 1.165) is 44.5 Å². The number of carboxylic acid groups (broad SMARTS) is 1. The van der Waals surface area contributed by atoms with E-state index in [1.165, 1.54) is 48.5 Å². The van der Waals surface area contributed by atoms with Crippen molar-refractivity contribution in [2.45, 2.75) is 178 Å². The van der Waals surface area contributed by atoms with Gasteiger partial charge in [0.05, 0.1) is 54.8 Å². The summed E-state index contributed by atoms with van der Waals surface area (Å²) in [4.78, 5) is 145. The Morgan fingerprint density at radius 3 is 1.52 bits per heavy atom. The molecule has 9 N–H and O–H groups in total. The molecule has 0 saturated carbocycles. The third kappa shape index (κ3) is 33.2. The van der Waals surface area contributed by atoms with Crippen LogP contribution in [0.25, 0.3) is 22.0 Å². The van der Waals surface area contributed by atoms with Crippen LogP contribution in [-0.2, 0) is 93.4 Å². The highest BCUT2D eigenvalue weighted by atomic mass is 32.2. The minimum absolute atomic E-state index is 0.0918. The van der Waals surface area contributed by atoms with Gasteiger partial charge in [0.25, 0.3) is 5.91 Å². The molecule has 1 aromatic heterocycles. The van der Waals surface area contributed by atoms with E-state index < -0.39 is 146 Å². The average Bonchev–Trinajstić information content (AvgIpc) is 1.40. The normalized spacial score (nSPS) is 15.8. The summed E-state index contributed by atoms with van der Waals surface area (Å²) in [6.07, 6.45) is 1.57. The van der Waals surface area contributed by atoms with Crippen LogP contribution in [0.15, 0.2) is 87.7 Å². The smallest absolute Gasteiger partial charge is 0.325 e. The highest BCUT2D eigenvalue weighted by Crippen LogP contribution is 2.25. The second-order valence-electron chi connectivity index (χ2n) is 31.2. The summed E-state index contributed by atoms with van der Waals surface area (Å²) in [5.74, 6) is -6.93. The average molecular weight is 1610 g/mol. The number of nitrogens with zero attached hydrogens (tertiary/aromatic N) is 7. The largest absolute Gasteiger partial charge is 0.481 e. The van der Waals surface area contributed by atoms with Crippen molar-refractivity contribution in [2.75, 3.05) is 125 Å². The van der Waals surface area contributed by atoms with Crippen LogP contribution in [0, 0.1) is 0 Å². The van der Waals surface area contributed by atoms with Crippen LogP contribution in [0.2, 0.25) is 0 Å². The van der Waals surface area contributed by atoms with E-state index in [1.807, 2.05) is 19.4 Å². The number of carbonyl (C=O) groups excluding carboxylic acids is 9. The van der Waals surface area contributed by atoms with Crippen molar-refractivity contribution in [1.82, 2.24) is 70.7 Å². The van der Waals surface area contributed by atoms with E-state index in [9.17, 15) is 69.9 Å². The number of guanidine groups is 1. The molecule has 2 aliphatic rings. The molecule has 0 unspecified atom stereocenters. The lowest BCUT2D eigenvalue weighted by Crippen LogP contribution is -2.56. The van der Waals surface area contributed by atoms with Gasteiger partial charge in [-0.2, -0.15) is 9.82 Å². The number of amides is 4. The van der Waals surface area contributed by atoms with Gasteiger partial charge in [0.2, 0.25) is 37.8 Å². The monoisotopic (exact) mass is 1610 g/mol. The van der Waals surface area contributed by atoms with Gasteiger partial charge in [-0.1, -0.05) is 24.3 Å². The van der Waals surface area contributed by atoms with E-state index in [0.29, 0.717) is 29.6 Å². The van der Waals surface area contributed by atoms with Gasteiger partial charge in [-0.15, -0.1) is 0 Å². The minimum atomic E-state index is -4.41. The zero-order chi connectivity index (χ0) is 82.8. The van der Waals surface area contributed by atoms with Gasteiger partial charge in [-0.05, 0) is 162 Å². The second-order valence-corrected chi connectivity index (χ2v) is 34.7. The Labute approximate surface area is 655 Å². The standard InChI is InChI=1S/C75H113N15O20S2/c1-72(2,3)107-63(94)29-26-57(84-69(100)58(25-28-62(92)93)83-61(91)47-86-36-38-87(48-64(95)108-73(4,5)6)40-42-89(50-66(97)110-75(10,11)12)43-41-88(39-37-86)49-65(96)109-74(7,8)9)68(99)76-33-34-82-111(102,103)55-21-16-51(17-22-55)52-18-23-56(24-19-52)112(104,105)85-59(70(101)106-13)46-80-67(98)53-20-27-60-54(44-53)45-81-90(60)35-15-32-79-71-77-30-14-31-78-71/h16-24,27,44-45,57-59,82,85H,14-15,25-26,28-43,46-50H2,1-13H3,(H,76,99)(H,80,98)(H,83,91)(H,84,100)(H,92,93)(H2,77,78,79)/t57-,58-,59-/m0/s1. The number of methoxy groups -OCH3 is 1. The molecular weight excluding hydrogens is 1500 g/mol. The maximum Gasteiger partial charge on any atom is 0.325 e. The summed E-state index contributed by atoms with van der Waals surface area (Å²) in [5, 5.41) is 31.8. The topological polar surface area (TPSA) is 445 Å². The maximum absolute atomic E-state index is 14.4. The van der Waals surface area contributed by atoms with Crippen molar-refractivity contribution in [3.05, 3.63) is 78.5 Å². The number of esters is 5. The molecule has 3 aromatic carbocycles. The Hall–Kier alpha value is -9.24. The summed E-state index contributed by atoms with van der Waals surface area (Å²) >= 11 is 0. The molecule has 4 aromatic rings. The highest BCUT2D eigenvalue weighted by molar-refractivity contribution is 7.89. The number of benzene rings is 3. The first-order valence-corrected chi connectivity index (χ1v) is 40.3. The zero-order valence-electron chi connectivity index (χ0n) is 66.5. The number of rotatable bonds is 35. The molecule has 3 heterocycles. The molecule has 112 heavy (non-hydrogen) atoms. The van der Waals surface area contributed by atoms with E-state index in [4.69, 9.17) is 23.7 Å². The molecule has 0 bridgehead atoms. The zero-order valence-corrected chi connectivity index (χ0v) is 68.1. The molecule has 37 heteroatoms. The van der Waals surface area contributed by atoms with Crippen LogP contribution in [0.1, 0.15) is 132 Å². The van der Waals surface area contributed by atoms with E-state index in [-0.39, 0.29) is 113 Å². The molecule has 3 atom stereocenters. The van der Waals surface area contributed by atoms with Crippen molar-refractivity contribution in [2.24, 2.45) is 4.99 Å². The first-order chi connectivity index (χ1) is 52.4. The third-order valence-electron chi connectivity index (χ3n) is 16.9. The quantitative estimate of drug-likeness (QED) is 0.0180. The van der Waals surface area contributed by atoms with E-state index in [1.54, 1.807) is 112 Å². The Kier molecular flexibility index (Phi) is 34.4. The molecule has 2 aliphatic heterocycles. The van der Waals surface area contributed by atoms with Gasteiger partial charge in [-0.25, -0.2) is 21.6 Å². The summed E-state index contributed by atoms with van der Waals surface area (Å²) < 4.78 is 88.5. The number of carbonyl (C=O) groups is 10. The maximum atomic E-state index is 14.4. The number of fused-ring (bicyclic) bond motifs is 1. The molecule has 35 nitrogen and oxygen atoms in total. The molecule has 1 saturated heterocycles. The first kappa shape index (κ1) is 91.6. The van der Waals surface area contributed by atoms with Gasteiger partial charge < -0.3 is 60.7 Å². The Balaban J connectivity index is 1.08. The van der Waals surface area contributed by atoms with Gasteiger partial charge in [0, 0.05) is 122 Å². The van der Waals surface area contributed by atoms with Crippen molar-refractivity contribution < 1.29 is 93.6 Å². The molecular formula is C75H113N15O20S2. The predicted molar refractivity (Wildman–Crippen MR) is 415 cm³/mol. The fourth-order valence-corrected chi connectivity index (χ4v) is 13.9. The molecule has 6 rings (SSSR count). The van der Waals surface area contributed by atoms with Gasteiger partial charge in [-0.3, -0.25) is 77.2 Å². The van der Waals surface area contributed by atoms with Crippen molar-refractivity contribution in [3.63, 3.8) is 0 Å². The molecule has 0 aliphatic carbocycles. The summed E-state index contributed by atoms with van der Waals surface area (Å²) in [7, 11) is -7.60. The minimum Gasteiger partial charge on any atom is -0.481 e. The van der Waals surface area contributed by atoms with E-state index in [2.05, 4.69) is 51.4 Å². The number of ether oxygens (including phenoxy) is 5. The fraction of sp³-hybridized carbons (Fsp3) is 0.600. The van der Waals surface area contributed by atoms with Gasteiger partial charge >= 0.3 is 35.8 Å². The highest BCUT2D eigenvalue weighted by Gasteiger charge is 2.33. The number of nitrogens with one attached hydrogen (secondary N) is 8. The Morgan fingerprint density at radius 1 is 0.554 bits per heavy atom. The number of aliphatic carboxylic acids is 1. The number of hydrogen-bond acceptors (Lipinski definition) is 27. The number of carboxylic acids is 1. The summed E-state index contributed by atoms with van der Waals surface area (Å²) in [6.45, 7) is 23.2.